The van der Waals surface area contributed by atoms with Gasteiger partial charge in [0, 0.05) is 11.4 Å². The number of hydrogen-bond donors (Lipinski definition) is 0. The van der Waals surface area contributed by atoms with E-state index in [4.69, 9.17) is 4.74 Å². The van der Waals surface area contributed by atoms with Crippen LogP contribution in [0.5, 0.6) is 0 Å². The minimum atomic E-state index is -0.400. The molecule has 148 valence electrons. The predicted molar refractivity (Wildman–Crippen MR) is 117 cm³/mol. The zero-order valence-electron chi connectivity index (χ0n) is 15.7. The van der Waals surface area contributed by atoms with Crippen LogP contribution in [-0.2, 0) is 30.8 Å². The van der Waals surface area contributed by atoms with Crippen LogP contribution in [0.3, 0.4) is 0 Å². The third-order valence-electron chi connectivity index (χ3n) is 4.36. The number of methoxy groups -OCH3 is 2. The maximum absolute atomic E-state index is 12.4. The Balaban J connectivity index is 2.16. The summed E-state index contributed by atoms with van der Waals surface area (Å²) in [6.07, 6.45) is 3.59. The van der Waals surface area contributed by atoms with E-state index >= 15 is 0 Å². The van der Waals surface area contributed by atoms with E-state index in [-0.39, 0.29) is 16.7 Å². The fraction of sp³-hybridized carbons (Fsp3) is 0.273. The minimum Gasteiger partial charge on any atom is -0.469 e. The van der Waals surface area contributed by atoms with Gasteiger partial charge in [0.25, 0.3) is 0 Å². The van der Waals surface area contributed by atoms with Crippen molar-refractivity contribution < 1.29 is 19.1 Å². The first-order chi connectivity index (χ1) is 13.5. The van der Waals surface area contributed by atoms with E-state index < -0.39 is 5.97 Å². The monoisotopic (exact) mass is 508 g/mol. The van der Waals surface area contributed by atoms with Gasteiger partial charge >= 0.3 is 11.9 Å². The maximum atomic E-state index is 12.4. The lowest BCUT2D eigenvalue weighted by molar-refractivity contribution is -0.145. The van der Waals surface area contributed by atoms with Crippen LogP contribution < -0.4 is 0 Å². The number of halogens is 2. The number of esters is 2. The Morgan fingerprint density at radius 1 is 0.964 bits per heavy atom. The van der Waals surface area contributed by atoms with E-state index in [1.807, 2.05) is 48.5 Å². The standard InChI is InChI=1S/C22H22Br2O4/c1-27-20(25)12-9-15-3-5-16(6-4-15)13-19(22(26)28-2)21(24)18-10-7-17(14-23)8-11-18/h3-12,19,21H,13-14H2,1-2H3/b12-9+. The van der Waals surface area contributed by atoms with E-state index in [1.165, 1.54) is 25.9 Å². The molecule has 2 atom stereocenters. The zero-order chi connectivity index (χ0) is 20.5. The van der Waals surface area contributed by atoms with Crippen LogP contribution in [0, 0.1) is 5.92 Å². The highest BCUT2D eigenvalue weighted by molar-refractivity contribution is 9.09. The maximum Gasteiger partial charge on any atom is 0.330 e. The van der Waals surface area contributed by atoms with E-state index in [0.29, 0.717) is 6.42 Å². The van der Waals surface area contributed by atoms with Crippen LogP contribution in [0.1, 0.15) is 27.1 Å². The molecule has 0 heterocycles. The zero-order valence-corrected chi connectivity index (χ0v) is 18.9. The Hall–Kier alpha value is -1.92. The molecular formula is C22H22Br2O4. The number of carbonyl (C=O) groups is 2. The Bertz CT molecular complexity index is 813. The van der Waals surface area contributed by atoms with Crippen LogP contribution >= 0.6 is 31.9 Å². The van der Waals surface area contributed by atoms with Gasteiger partial charge in [-0.2, -0.15) is 0 Å². The highest BCUT2D eigenvalue weighted by Crippen LogP contribution is 2.34. The fourth-order valence-corrected chi connectivity index (χ4v) is 3.81. The van der Waals surface area contributed by atoms with E-state index in [0.717, 1.165) is 22.0 Å². The number of rotatable bonds is 8. The molecule has 0 radical (unpaired) electrons. The topological polar surface area (TPSA) is 52.6 Å². The molecule has 0 aliphatic carbocycles. The molecule has 6 heteroatoms. The summed E-state index contributed by atoms with van der Waals surface area (Å²) in [7, 11) is 2.75. The number of hydrogen-bond acceptors (Lipinski definition) is 4. The predicted octanol–water partition coefficient (Wildman–Crippen LogP) is 5.24. The molecule has 2 aromatic rings. The molecule has 0 bridgehead atoms. The Morgan fingerprint density at radius 3 is 2.11 bits per heavy atom. The van der Waals surface area contributed by atoms with Gasteiger partial charge in [-0.15, -0.1) is 0 Å². The van der Waals surface area contributed by atoms with Crippen molar-refractivity contribution in [1.82, 2.24) is 0 Å². The van der Waals surface area contributed by atoms with Crippen molar-refractivity contribution in [2.45, 2.75) is 16.6 Å². The molecule has 2 unspecified atom stereocenters. The van der Waals surface area contributed by atoms with E-state index in [1.54, 1.807) is 6.08 Å². The molecule has 0 saturated carbocycles. The summed E-state index contributed by atoms with van der Waals surface area (Å²) in [4.78, 5) is 23.4. The van der Waals surface area contributed by atoms with Gasteiger partial charge in [0.05, 0.1) is 25.0 Å². The van der Waals surface area contributed by atoms with Gasteiger partial charge in [0.2, 0.25) is 0 Å². The molecule has 2 rings (SSSR count). The molecule has 0 aliphatic heterocycles. The molecule has 0 N–H and O–H groups in total. The summed E-state index contributed by atoms with van der Waals surface area (Å²) in [6, 6.07) is 15.8. The summed E-state index contributed by atoms with van der Waals surface area (Å²) in [5, 5.41) is 0.789. The third kappa shape index (κ3) is 6.31. The Kier molecular flexibility index (Phi) is 8.93. The summed E-state index contributed by atoms with van der Waals surface area (Å²) in [5.74, 6) is -1.03. The normalized spacial score (nSPS) is 13.1. The van der Waals surface area contributed by atoms with Crippen molar-refractivity contribution in [3.8, 4) is 0 Å². The average molecular weight is 510 g/mol. The van der Waals surface area contributed by atoms with Crippen LogP contribution in [0.15, 0.2) is 54.6 Å². The molecular weight excluding hydrogens is 488 g/mol. The van der Waals surface area contributed by atoms with Gasteiger partial charge < -0.3 is 9.47 Å². The Morgan fingerprint density at radius 2 is 1.57 bits per heavy atom. The molecule has 0 saturated heterocycles. The first-order valence-corrected chi connectivity index (χ1v) is 10.7. The van der Waals surface area contributed by atoms with Gasteiger partial charge in [-0.05, 0) is 34.8 Å². The van der Waals surface area contributed by atoms with E-state index in [9.17, 15) is 9.59 Å². The molecule has 4 nitrogen and oxygen atoms in total. The molecule has 0 spiro atoms. The highest BCUT2D eigenvalue weighted by Gasteiger charge is 2.28. The van der Waals surface area contributed by atoms with Crippen LogP contribution in [0.2, 0.25) is 0 Å². The lowest BCUT2D eigenvalue weighted by atomic mass is 9.91. The molecule has 0 aromatic heterocycles. The van der Waals surface area contributed by atoms with Crippen molar-refractivity contribution in [3.63, 3.8) is 0 Å². The molecule has 0 amide bonds. The van der Waals surface area contributed by atoms with Gasteiger partial charge in [-0.25, -0.2) is 4.79 Å². The Labute approximate surface area is 182 Å². The second kappa shape index (κ2) is 11.2. The van der Waals surface area contributed by atoms with E-state index in [2.05, 4.69) is 36.6 Å². The van der Waals surface area contributed by atoms with Crippen LogP contribution in [0.4, 0.5) is 0 Å². The minimum absolute atomic E-state index is 0.164. The van der Waals surface area contributed by atoms with Crippen molar-refractivity contribution in [1.29, 1.82) is 0 Å². The molecule has 28 heavy (non-hydrogen) atoms. The first-order valence-electron chi connectivity index (χ1n) is 8.70. The van der Waals surface area contributed by atoms with Crippen molar-refractivity contribution >= 4 is 49.9 Å². The van der Waals surface area contributed by atoms with Gasteiger partial charge in [-0.3, -0.25) is 4.79 Å². The van der Waals surface area contributed by atoms with Gasteiger partial charge in [0.15, 0.2) is 0 Å². The smallest absolute Gasteiger partial charge is 0.330 e. The number of carbonyl (C=O) groups excluding carboxylic acids is 2. The number of ether oxygens (including phenoxy) is 2. The summed E-state index contributed by atoms with van der Waals surface area (Å²) >= 11 is 7.13. The number of benzene rings is 2. The quantitative estimate of drug-likeness (QED) is 0.277. The second-order valence-electron chi connectivity index (χ2n) is 6.21. The molecule has 0 aliphatic rings. The lowest BCUT2D eigenvalue weighted by Gasteiger charge is -2.21. The molecule has 2 aromatic carbocycles. The third-order valence-corrected chi connectivity index (χ3v) is 6.17. The fourth-order valence-electron chi connectivity index (χ4n) is 2.73. The summed E-state index contributed by atoms with van der Waals surface area (Å²) in [6.45, 7) is 0. The highest BCUT2D eigenvalue weighted by atomic mass is 79.9. The van der Waals surface area contributed by atoms with Gasteiger partial charge in [0.1, 0.15) is 0 Å². The first kappa shape index (κ1) is 22.4. The largest absolute Gasteiger partial charge is 0.469 e. The van der Waals surface area contributed by atoms with Crippen LogP contribution in [0.25, 0.3) is 6.08 Å². The summed E-state index contributed by atoms with van der Waals surface area (Å²) in [5.41, 5.74) is 4.09. The second-order valence-corrected chi connectivity index (χ2v) is 7.76. The van der Waals surface area contributed by atoms with Crippen molar-refractivity contribution in [2.24, 2.45) is 5.92 Å². The summed E-state index contributed by atoms with van der Waals surface area (Å²) < 4.78 is 9.62. The average Bonchev–Trinajstić information content (AvgIpc) is 2.75. The van der Waals surface area contributed by atoms with Crippen molar-refractivity contribution in [3.05, 3.63) is 76.9 Å². The van der Waals surface area contributed by atoms with Gasteiger partial charge in [-0.1, -0.05) is 80.4 Å². The van der Waals surface area contributed by atoms with Crippen LogP contribution in [-0.4, -0.2) is 26.2 Å². The number of alkyl halides is 2. The SMILES string of the molecule is COC(=O)/C=C/c1ccc(CC(C(=O)OC)C(Br)c2ccc(CBr)cc2)cc1. The lowest BCUT2D eigenvalue weighted by Crippen LogP contribution is -2.23. The molecule has 0 fully saturated rings. The van der Waals surface area contributed by atoms with Crippen molar-refractivity contribution in [2.75, 3.05) is 14.2 Å².